The molecule has 2 aliphatic heterocycles. The van der Waals surface area contributed by atoms with Crippen molar-refractivity contribution >= 4 is 23.3 Å². The van der Waals surface area contributed by atoms with Crippen LogP contribution in [0.5, 0.6) is 0 Å². The van der Waals surface area contributed by atoms with Crippen molar-refractivity contribution in [1.29, 1.82) is 0 Å². The average Bonchev–Trinajstić information content (AvgIpc) is 3.04. The summed E-state index contributed by atoms with van der Waals surface area (Å²) in [7, 11) is 0. The molecule has 1 saturated heterocycles. The Morgan fingerprint density at radius 3 is 2.52 bits per heavy atom. The summed E-state index contributed by atoms with van der Waals surface area (Å²) in [5, 5.41) is 5.28. The molecule has 0 radical (unpaired) electrons. The Morgan fingerprint density at radius 1 is 1.13 bits per heavy atom. The molecule has 1 fully saturated rings. The van der Waals surface area contributed by atoms with E-state index in [1.807, 2.05) is 31.2 Å². The number of likely N-dealkylation sites (tertiary alicyclic amines) is 1. The van der Waals surface area contributed by atoms with Crippen LogP contribution in [-0.4, -0.2) is 41.3 Å². The first-order chi connectivity index (χ1) is 14.7. The summed E-state index contributed by atoms with van der Waals surface area (Å²) in [5.74, 6) is -0.261. The lowest BCUT2D eigenvalue weighted by Crippen LogP contribution is -2.53. The van der Waals surface area contributed by atoms with Gasteiger partial charge in [0.25, 0.3) is 5.91 Å². The number of piperidine rings is 1. The van der Waals surface area contributed by atoms with Gasteiger partial charge in [0.2, 0.25) is 0 Å². The van der Waals surface area contributed by atoms with E-state index in [4.69, 9.17) is 0 Å². The molecule has 2 aliphatic rings. The topological polar surface area (TPSA) is 73.8 Å². The highest BCUT2D eigenvalue weighted by Crippen LogP contribution is 2.35. The molecular weight excluding hydrogens is 409 g/mol. The number of nitrogens with one attached hydrogen (secondary N) is 2. The summed E-state index contributed by atoms with van der Waals surface area (Å²) in [6.45, 7) is 2.44. The summed E-state index contributed by atoms with van der Waals surface area (Å²) in [6.07, 6.45) is -3.81. The van der Waals surface area contributed by atoms with Crippen molar-refractivity contribution in [3.05, 3.63) is 65.2 Å². The molecule has 2 N–H and O–H groups in total. The number of rotatable bonds is 2. The molecule has 9 heteroatoms. The minimum atomic E-state index is -4.56. The maximum absolute atomic E-state index is 13.2. The number of urea groups is 1. The first-order valence-corrected chi connectivity index (χ1v) is 9.88. The normalized spacial score (nSPS) is 18.0. The van der Waals surface area contributed by atoms with Gasteiger partial charge in [-0.15, -0.1) is 0 Å². The van der Waals surface area contributed by atoms with Gasteiger partial charge < -0.3 is 15.5 Å². The predicted molar refractivity (Wildman–Crippen MR) is 110 cm³/mol. The number of hydrogen-bond donors (Lipinski definition) is 2. The third-order valence-electron chi connectivity index (χ3n) is 5.53. The van der Waals surface area contributed by atoms with E-state index in [1.54, 1.807) is 0 Å². The van der Waals surface area contributed by atoms with Crippen LogP contribution < -0.4 is 10.6 Å². The monoisotopic (exact) mass is 430 g/mol. The lowest BCUT2D eigenvalue weighted by molar-refractivity contribution is -0.136. The van der Waals surface area contributed by atoms with E-state index < -0.39 is 23.4 Å². The van der Waals surface area contributed by atoms with Crippen LogP contribution in [0.25, 0.3) is 0 Å². The molecule has 3 amide bonds. The highest BCUT2D eigenvalue weighted by atomic mass is 19.4. The maximum Gasteiger partial charge on any atom is 0.418 e. The second-order valence-corrected chi connectivity index (χ2v) is 7.78. The van der Waals surface area contributed by atoms with Crippen molar-refractivity contribution in [1.82, 2.24) is 10.2 Å². The number of anilines is 1. The van der Waals surface area contributed by atoms with Crippen molar-refractivity contribution in [3.8, 4) is 0 Å². The zero-order chi connectivity index (χ0) is 22.2. The van der Waals surface area contributed by atoms with Gasteiger partial charge in [-0.2, -0.15) is 13.2 Å². The van der Waals surface area contributed by atoms with Gasteiger partial charge in [0.05, 0.1) is 11.3 Å². The van der Waals surface area contributed by atoms with Crippen LogP contribution in [0.4, 0.5) is 23.7 Å². The van der Waals surface area contributed by atoms with E-state index in [9.17, 15) is 22.8 Å². The first-order valence-electron chi connectivity index (χ1n) is 9.88. The summed E-state index contributed by atoms with van der Waals surface area (Å²) in [5.41, 5.74) is 0.136. The van der Waals surface area contributed by atoms with Crippen LogP contribution >= 0.6 is 0 Å². The largest absolute Gasteiger partial charge is 0.418 e. The summed E-state index contributed by atoms with van der Waals surface area (Å²) in [4.78, 5) is 31.1. The summed E-state index contributed by atoms with van der Waals surface area (Å²) in [6, 6.07) is 11.7. The average molecular weight is 430 g/mol. The standard InChI is InChI=1S/C22H21F3N4O2/c1-14-5-4-6-15(13-14)18-19(30)28-21(27-18)9-11-29(12-10-21)20(31)26-17-8-3-2-7-16(17)22(23,24)25/h2-8,13H,9-12H2,1H3,(H,26,31)(H,28,30). The molecule has 6 nitrogen and oxygen atoms in total. The van der Waals surface area contributed by atoms with Crippen LogP contribution in [-0.2, 0) is 11.0 Å². The lowest BCUT2D eigenvalue weighted by atomic mass is 9.98. The minimum Gasteiger partial charge on any atom is -0.326 e. The Morgan fingerprint density at radius 2 is 1.84 bits per heavy atom. The van der Waals surface area contributed by atoms with Gasteiger partial charge in [0.1, 0.15) is 11.4 Å². The van der Waals surface area contributed by atoms with Gasteiger partial charge in [-0.1, -0.05) is 35.9 Å². The van der Waals surface area contributed by atoms with Gasteiger partial charge in [-0.05, 0) is 25.1 Å². The number of para-hydroxylation sites is 1. The van der Waals surface area contributed by atoms with Crippen LogP contribution in [0, 0.1) is 6.92 Å². The Bertz CT molecular complexity index is 1060. The van der Waals surface area contributed by atoms with Crippen molar-refractivity contribution in [3.63, 3.8) is 0 Å². The molecule has 31 heavy (non-hydrogen) atoms. The molecule has 162 valence electrons. The van der Waals surface area contributed by atoms with Crippen LogP contribution in [0.1, 0.15) is 29.5 Å². The van der Waals surface area contributed by atoms with E-state index in [0.717, 1.165) is 17.2 Å². The molecule has 0 saturated carbocycles. The fourth-order valence-electron chi connectivity index (χ4n) is 3.90. The molecule has 2 aromatic rings. The maximum atomic E-state index is 13.2. The lowest BCUT2D eigenvalue weighted by Gasteiger charge is -2.37. The molecule has 0 aromatic heterocycles. The van der Waals surface area contributed by atoms with Gasteiger partial charge in [0.15, 0.2) is 0 Å². The molecule has 0 aliphatic carbocycles. The molecule has 1 spiro atoms. The second kappa shape index (κ2) is 7.72. The van der Waals surface area contributed by atoms with Crippen molar-refractivity contribution in [2.24, 2.45) is 4.99 Å². The Kier molecular flexibility index (Phi) is 5.20. The number of benzene rings is 2. The highest BCUT2D eigenvalue weighted by molar-refractivity contribution is 6.46. The molecular formula is C22H21F3N4O2. The minimum absolute atomic E-state index is 0.255. The Hall–Kier alpha value is -3.36. The van der Waals surface area contributed by atoms with Crippen molar-refractivity contribution < 1.29 is 22.8 Å². The van der Waals surface area contributed by atoms with Gasteiger partial charge >= 0.3 is 12.2 Å². The van der Waals surface area contributed by atoms with Crippen LogP contribution in [0.15, 0.2) is 53.5 Å². The molecule has 4 rings (SSSR count). The van der Waals surface area contributed by atoms with Gasteiger partial charge in [-0.25, -0.2) is 4.79 Å². The van der Waals surface area contributed by atoms with E-state index >= 15 is 0 Å². The fourth-order valence-corrected chi connectivity index (χ4v) is 3.90. The van der Waals surface area contributed by atoms with Crippen molar-refractivity contribution in [2.45, 2.75) is 31.6 Å². The summed E-state index contributed by atoms with van der Waals surface area (Å²) < 4.78 is 39.5. The molecule has 0 bridgehead atoms. The predicted octanol–water partition coefficient (Wildman–Crippen LogP) is 3.96. The van der Waals surface area contributed by atoms with Gasteiger partial charge in [0, 0.05) is 31.5 Å². The third kappa shape index (κ3) is 4.26. The molecule has 0 atom stereocenters. The number of aliphatic imine (C=N–C) groups is 1. The van der Waals surface area contributed by atoms with E-state index in [2.05, 4.69) is 15.6 Å². The van der Waals surface area contributed by atoms with E-state index in [0.29, 0.717) is 18.6 Å². The van der Waals surface area contributed by atoms with E-state index in [1.165, 1.54) is 23.1 Å². The first kappa shape index (κ1) is 20.9. The number of carbonyl (C=O) groups excluding carboxylic acids is 2. The molecule has 2 heterocycles. The zero-order valence-corrected chi connectivity index (χ0v) is 16.8. The number of amides is 3. The second-order valence-electron chi connectivity index (χ2n) is 7.78. The third-order valence-corrected chi connectivity index (χ3v) is 5.53. The smallest absolute Gasteiger partial charge is 0.326 e. The van der Waals surface area contributed by atoms with Crippen molar-refractivity contribution in [2.75, 3.05) is 18.4 Å². The number of alkyl halides is 3. The number of carbonyl (C=O) groups is 2. The van der Waals surface area contributed by atoms with Gasteiger partial charge in [-0.3, -0.25) is 9.79 Å². The number of nitrogens with zero attached hydrogens (tertiary/aromatic N) is 2. The fraction of sp³-hybridized carbons (Fsp3) is 0.318. The Labute approximate surface area is 177 Å². The highest BCUT2D eigenvalue weighted by Gasteiger charge is 2.43. The zero-order valence-electron chi connectivity index (χ0n) is 16.8. The SMILES string of the molecule is Cc1cccc(C2=NC3(CCN(C(=O)Nc4ccccc4C(F)(F)F)CC3)NC2=O)c1. The molecule has 2 aromatic carbocycles. The van der Waals surface area contributed by atoms with Crippen LogP contribution in [0.3, 0.4) is 0 Å². The van der Waals surface area contributed by atoms with E-state index in [-0.39, 0.29) is 24.7 Å². The van der Waals surface area contributed by atoms with Crippen LogP contribution in [0.2, 0.25) is 0 Å². The number of halogens is 3. The summed E-state index contributed by atoms with van der Waals surface area (Å²) >= 11 is 0. The number of aryl methyl sites for hydroxylation is 1. The quantitative estimate of drug-likeness (QED) is 0.757. The number of hydrogen-bond acceptors (Lipinski definition) is 3. The molecule has 0 unspecified atom stereocenters. The Balaban J connectivity index is 1.45.